The zero-order valence-corrected chi connectivity index (χ0v) is 14.5. The molecule has 0 heterocycles. The molecule has 0 aliphatic rings. The number of aliphatic carboxylic acids is 2. The average Bonchev–Trinajstić information content (AvgIpc) is 2.50. The molecule has 0 aliphatic heterocycles. The summed E-state index contributed by atoms with van der Waals surface area (Å²) in [5.41, 5.74) is 0. The van der Waals surface area contributed by atoms with Gasteiger partial charge in [-0.25, -0.2) is 4.79 Å². The number of hydrogen-bond donors (Lipinski definition) is 2. The van der Waals surface area contributed by atoms with Crippen molar-refractivity contribution in [1.82, 2.24) is 0 Å². The van der Waals surface area contributed by atoms with Crippen LogP contribution in [-0.2, 0) is 9.59 Å². The van der Waals surface area contributed by atoms with Crippen LogP contribution in [0.2, 0.25) is 0 Å². The molecular formula is C17H31NO5. The molecule has 2 N–H and O–H groups in total. The van der Waals surface area contributed by atoms with Gasteiger partial charge in [-0.3, -0.25) is 4.48 Å². The molecular weight excluding hydrogens is 298 g/mol. The van der Waals surface area contributed by atoms with Crippen molar-refractivity contribution in [2.45, 2.75) is 77.8 Å². The van der Waals surface area contributed by atoms with Crippen LogP contribution in [0.3, 0.4) is 0 Å². The minimum absolute atomic E-state index is 0.187. The molecule has 6 heteroatoms. The summed E-state index contributed by atoms with van der Waals surface area (Å²) in [4.78, 5) is 23.1. The van der Waals surface area contributed by atoms with Crippen molar-refractivity contribution in [3.8, 4) is 0 Å². The Balaban J connectivity index is 5.44. The van der Waals surface area contributed by atoms with Gasteiger partial charge >= 0.3 is 5.97 Å². The summed E-state index contributed by atoms with van der Waals surface area (Å²) in [7, 11) is 0. The van der Waals surface area contributed by atoms with Crippen molar-refractivity contribution in [1.29, 1.82) is 0 Å². The number of nitrogens with zero attached hydrogens (tertiary/aromatic N) is 1. The number of allylic oxidation sites excluding steroid dienone is 1. The molecule has 0 fully saturated rings. The standard InChI is InChI=1S/C17H31NO5/c1-4-7-8-9-10-11-12-18(13-19,14(5-2)16(20)21)15(6-3)17(22)23/h11-12,14-15,19H,4-10,13H2,1-3H3,(H-,20,21,22,23)/b12-11-. The van der Waals surface area contributed by atoms with Gasteiger partial charge in [-0.05, 0) is 18.9 Å². The zero-order valence-electron chi connectivity index (χ0n) is 14.5. The summed E-state index contributed by atoms with van der Waals surface area (Å²) in [6.45, 7) is 4.88. The molecule has 0 aromatic rings. The number of rotatable bonds is 13. The maximum Gasteiger partial charge on any atom is 0.363 e. The third-order valence-electron chi connectivity index (χ3n) is 4.34. The van der Waals surface area contributed by atoms with Crippen LogP contribution < -0.4 is 5.11 Å². The molecule has 3 atom stereocenters. The van der Waals surface area contributed by atoms with Crippen molar-refractivity contribution in [2.24, 2.45) is 0 Å². The summed E-state index contributed by atoms with van der Waals surface area (Å²) in [6, 6.07) is -2.11. The lowest BCUT2D eigenvalue weighted by Crippen LogP contribution is -2.65. The molecule has 0 aromatic heterocycles. The first-order valence-corrected chi connectivity index (χ1v) is 8.50. The summed E-state index contributed by atoms with van der Waals surface area (Å²) < 4.78 is -0.515. The third kappa shape index (κ3) is 5.95. The molecule has 0 bridgehead atoms. The monoisotopic (exact) mass is 329 g/mol. The lowest BCUT2D eigenvalue weighted by Gasteiger charge is -2.43. The second-order valence-electron chi connectivity index (χ2n) is 5.88. The number of carboxylic acid groups (broad SMARTS) is 2. The predicted molar refractivity (Wildman–Crippen MR) is 86.0 cm³/mol. The highest BCUT2D eigenvalue weighted by Crippen LogP contribution is 2.25. The van der Waals surface area contributed by atoms with Crippen molar-refractivity contribution in [2.75, 3.05) is 6.73 Å². The first-order chi connectivity index (χ1) is 10.9. The van der Waals surface area contributed by atoms with Crippen molar-refractivity contribution in [3.05, 3.63) is 12.3 Å². The molecule has 0 rings (SSSR count). The molecule has 6 nitrogen and oxygen atoms in total. The van der Waals surface area contributed by atoms with E-state index in [-0.39, 0.29) is 12.8 Å². The van der Waals surface area contributed by atoms with Gasteiger partial charge in [0.15, 0.2) is 12.8 Å². The van der Waals surface area contributed by atoms with Crippen molar-refractivity contribution >= 4 is 11.9 Å². The smallest absolute Gasteiger partial charge is 0.363 e. The minimum atomic E-state index is -1.34. The Labute approximate surface area is 139 Å². The summed E-state index contributed by atoms with van der Waals surface area (Å²) in [5.74, 6) is -2.45. The number of aliphatic hydroxyl groups is 1. The van der Waals surface area contributed by atoms with Gasteiger partial charge in [0, 0.05) is 12.8 Å². The summed E-state index contributed by atoms with van der Waals surface area (Å²) >= 11 is 0. The van der Waals surface area contributed by atoms with Gasteiger partial charge in [-0.1, -0.05) is 40.0 Å². The van der Waals surface area contributed by atoms with E-state index in [1.807, 2.05) is 0 Å². The second kappa shape index (κ2) is 11.2. The minimum Gasteiger partial charge on any atom is -0.544 e. The molecule has 0 aromatic carbocycles. The van der Waals surface area contributed by atoms with E-state index in [2.05, 4.69) is 6.92 Å². The topological polar surface area (TPSA) is 97.7 Å². The Kier molecular flexibility index (Phi) is 10.5. The highest BCUT2D eigenvalue weighted by Gasteiger charge is 2.45. The van der Waals surface area contributed by atoms with E-state index >= 15 is 0 Å². The molecule has 3 unspecified atom stereocenters. The number of carbonyl (C=O) groups is 2. The largest absolute Gasteiger partial charge is 0.544 e. The molecule has 23 heavy (non-hydrogen) atoms. The number of hydrogen-bond acceptors (Lipinski definition) is 4. The van der Waals surface area contributed by atoms with E-state index in [0.717, 1.165) is 32.1 Å². The van der Waals surface area contributed by atoms with Gasteiger partial charge in [0.2, 0.25) is 0 Å². The van der Waals surface area contributed by atoms with Crippen LogP contribution in [0.25, 0.3) is 0 Å². The molecule has 134 valence electrons. The van der Waals surface area contributed by atoms with Crippen molar-refractivity contribution < 1.29 is 29.4 Å². The first-order valence-electron chi connectivity index (χ1n) is 8.50. The van der Waals surface area contributed by atoms with Crippen LogP contribution in [0.1, 0.15) is 65.7 Å². The molecule has 0 radical (unpaired) electrons. The maximum absolute atomic E-state index is 11.6. The average molecular weight is 329 g/mol. The van der Waals surface area contributed by atoms with Crippen LogP contribution in [0.4, 0.5) is 0 Å². The number of carbonyl (C=O) groups excluding carboxylic acids is 1. The van der Waals surface area contributed by atoms with Crippen LogP contribution in [0, 0.1) is 0 Å². The fourth-order valence-electron chi connectivity index (χ4n) is 3.05. The lowest BCUT2D eigenvalue weighted by atomic mass is 10.0. The van der Waals surface area contributed by atoms with E-state index in [1.165, 1.54) is 0 Å². The van der Waals surface area contributed by atoms with Crippen molar-refractivity contribution in [3.63, 3.8) is 0 Å². The lowest BCUT2D eigenvalue weighted by molar-refractivity contribution is -0.931. The molecule has 0 saturated carbocycles. The predicted octanol–water partition coefficient (Wildman–Crippen LogP) is 1.63. The molecule has 0 saturated heterocycles. The zero-order chi connectivity index (χ0) is 17.9. The Hall–Kier alpha value is -1.40. The van der Waals surface area contributed by atoms with Crippen LogP contribution >= 0.6 is 0 Å². The number of aliphatic hydroxyl groups excluding tert-OH is 1. The van der Waals surface area contributed by atoms with Gasteiger partial charge in [0.25, 0.3) is 0 Å². The molecule has 0 amide bonds. The number of quaternary nitrogens is 1. The van der Waals surface area contributed by atoms with Gasteiger partial charge < -0.3 is 20.1 Å². The fourth-order valence-corrected chi connectivity index (χ4v) is 3.05. The highest BCUT2D eigenvalue weighted by molar-refractivity contribution is 5.74. The number of carboxylic acids is 2. The van der Waals surface area contributed by atoms with Gasteiger partial charge in [0.05, 0.1) is 12.2 Å². The van der Waals surface area contributed by atoms with Crippen LogP contribution in [0.15, 0.2) is 12.3 Å². The van der Waals surface area contributed by atoms with E-state index < -0.39 is 35.2 Å². The Morgan fingerprint density at radius 1 is 1.09 bits per heavy atom. The highest BCUT2D eigenvalue weighted by atomic mass is 16.4. The Bertz CT molecular complexity index is 372. The summed E-state index contributed by atoms with van der Waals surface area (Å²) in [6.07, 6.45) is 8.79. The van der Waals surface area contributed by atoms with Crippen LogP contribution in [0.5, 0.6) is 0 Å². The quantitative estimate of drug-likeness (QED) is 0.304. The number of unbranched alkanes of at least 4 members (excludes halogenated alkanes) is 4. The normalized spacial score (nSPS) is 16.9. The van der Waals surface area contributed by atoms with E-state index in [0.29, 0.717) is 0 Å². The first kappa shape index (κ1) is 21.6. The van der Waals surface area contributed by atoms with E-state index in [4.69, 9.17) is 0 Å². The van der Waals surface area contributed by atoms with E-state index in [1.54, 1.807) is 26.1 Å². The third-order valence-corrected chi connectivity index (χ3v) is 4.34. The maximum atomic E-state index is 11.6. The Morgan fingerprint density at radius 2 is 1.70 bits per heavy atom. The molecule has 0 spiro atoms. The van der Waals surface area contributed by atoms with Gasteiger partial charge in [-0.15, -0.1) is 0 Å². The Morgan fingerprint density at radius 3 is 2.09 bits per heavy atom. The fraction of sp³-hybridized carbons (Fsp3) is 0.765. The van der Waals surface area contributed by atoms with Crippen LogP contribution in [-0.4, -0.2) is 45.4 Å². The molecule has 0 aliphatic carbocycles. The SMILES string of the molecule is CCCCCC/C=C\[N+](CO)(C(CC)C(=O)[O-])C(CC)C(=O)O. The summed E-state index contributed by atoms with van der Waals surface area (Å²) in [5, 5.41) is 30.8. The van der Waals surface area contributed by atoms with Gasteiger partial charge in [0.1, 0.15) is 6.04 Å². The van der Waals surface area contributed by atoms with Gasteiger partial charge in [-0.2, -0.15) is 0 Å². The van der Waals surface area contributed by atoms with E-state index in [9.17, 15) is 24.9 Å². The second-order valence-corrected chi connectivity index (χ2v) is 5.88.